The van der Waals surface area contributed by atoms with Crippen molar-refractivity contribution < 1.29 is 15.3 Å². The van der Waals surface area contributed by atoms with Crippen LogP contribution >= 0.6 is 0 Å². The van der Waals surface area contributed by atoms with Gasteiger partial charge in [0.05, 0.1) is 0 Å². The van der Waals surface area contributed by atoms with Gasteiger partial charge in [-0.3, -0.25) is 0 Å². The zero-order chi connectivity index (χ0) is 6.85. The zero-order valence-electron chi connectivity index (χ0n) is 5.07. The van der Waals surface area contributed by atoms with Crippen LogP contribution in [0.3, 0.4) is 0 Å². The average molecular weight is 207 g/mol. The first-order chi connectivity index (χ1) is 4.18. The zero-order valence-corrected chi connectivity index (χ0v) is 7.17. The Morgan fingerprint density at radius 1 is 0.700 bits per heavy atom. The van der Waals surface area contributed by atoms with Gasteiger partial charge in [0.1, 0.15) is 17.2 Å². The molecule has 56 valence electrons. The molecule has 10 heavy (non-hydrogen) atoms. The first-order valence-corrected chi connectivity index (χ1v) is 2.40. The third kappa shape index (κ3) is 2.17. The monoisotopic (exact) mass is 208 g/mol. The van der Waals surface area contributed by atoms with E-state index in [2.05, 4.69) is 0 Å². The summed E-state index contributed by atoms with van der Waals surface area (Å²) in [5.74, 6) is -0.437. The Morgan fingerprint density at radius 3 is 1.10 bits per heavy atom. The van der Waals surface area contributed by atoms with E-state index in [9.17, 15) is 0 Å². The van der Waals surface area contributed by atoms with E-state index in [0.717, 1.165) is 18.2 Å². The van der Waals surface area contributed by atoms with Gasteiger partial charge in [0.15, 0.2) is 0 Å². The second kappa shape index (κ2) is 3.34. The summed E-state index contributed by atoms with van der Waals surface area (Å²) in [7, 11) is 0. The van der Waals surface area contributed by atoms with E-state index in [4.69, 9.17) is 15.3 Å². The van der Waals surface area contributed by atoms with Gasteiger partial charge in [-0.05, 0) is 0 Å². The minimum atomic E-state index is -0.146. The van der Waals surface area contributed by atoms with Crippen molar-refractivity contribution in [3.8, 4) is 17.2 Å². The van der Waals surface area contributed by atoms with Crippen molar-refractivity contribution in [2.45, 2.75) is 0 Å². The normalized spacial score (nSPS) is 8.40. The first-order valence-electron chi connectivity index (χ1n) is 2.40. The fraction of sp³-hybridized carbons (Fsp3) is 0. The van der Waals surface area contributed by atoms with E-state index < -0.39 is 0 Å². The van der Waals surface area contributed by atoms with Crippen molar-refractivity contribution in [2.75, 3.05) is 0 Å². The molecular weight excluding hydrogens is 199 g/mol. The van der Waals surface area contributed by atoms with Crippen LogP contribution in [0.25, 0.3) is 0 Å². The number of aromatic hydroxyl groups is 3. The van der Waals surface area contributed by atoms with E-state index in [1.54, 1.807) is 0 Å². The van der Waals surface area contributed by atoms with E-state index >= 15 is 0 Å². The molecule has 1 aromatic rings. The van der Waals surface area contributed by atoms with Gasteiger partial charge in [-0.2, -0.15) is 0 Å². The number of phenolic OH excluding ortho intramolecular Hbond substituents is 3. The molecule has 1 rings (SSSR count). The molecule has 0 spiro atoms. The maximum atomic E-state index is 8.67. The number of rotatable bonds is 0. The van der Waals surface area contributed by atoms with Crippen molar-refractivity contribution in [2.24, 2.45) is 0 Å². The Kier molecular flexibility index (Phi) is 3.06. The maximum absolute atomic E-state index is 8.67. The van der Waals surface area contributed by atoms with Crippen LogP contribution in [0.5, 0.6) is 17.2 Å². The third-order valence-electron chi connectivity index (χ3n) is 0.887. The molecular formula is C6H8O3Se. The van der Waals surface area contributed by atoms with Crippen LogP contribution in [-0.2, 0) is 0 Å². The summed E-state index contributed by atoms with van der Waals surface area (Å²) in [4.78, 5) is 0. The van der Waals surface area contributed by atoms with Crippen molar-refractivity contribution in [3.63, 3.8) is 0 Å². The predicted octanol–water partition coefficient (Wildman–Crippen LogP) is -0.113. The Labute approximate surface area is 68.4 Å². The van der Waals surface area contributed by atoms with Gasteiger partial charge in [0, 0.05) is 18.2 Å². The molecule has 3 N–H and O–H groups in total. The molecule has 0 atom stereocenters. The molecule has 0 saturated heterocycles. The number of hydrogen-bond donors (Lipinski definition) is 3. The van der Waals surface area contributed by atoms with Gasteiger partial charge in [0.2, 0.25) is 0 Å². The SMILES string of the molecule is Oc1cc(O)cc(O)c1.[SeH2]. The van der Waals surface area contributed by atoms with Crippen LogP contribution in [0.2, 0.25) is 0 Å². The molecule has 0 aliphatic rings. The van der Waals surface area contributed by atoms with Gasteiger partial charge in [-0.1, -0.05) is 0 Å². The topological polar surface area (TPSA) is 60.7 Å². The van der Waals surface area contributed by atoms with E-state index in [1.807, 2.05) is 0 Å². The van der Waals surface area contributed by atoms with Gasteiger partial charge in [-0.25, -0.2) is 0 Å². The van der Waals surface area contributed by atoms with Crippen LogP contribution in [-0.4, -0.2) is 32.4 Å². The third-order valence-corrected chi connectivity index (χ3v) is 0.887. The van der Waals surface area contributed by atoms with Crippen LogP contribution in [0.1, 0.15) is 0 Å². The van der Waals surface area contributed by atoms with Gasteiger partial charge in [0.25, 0.3) is 0 Å². The summed E-state index contributed by atoms with van der Waals surface area (Å²) in [5, 5.41) is 26.0. The molecule has 0 aliphatic carbocycles. The van der Waals surface area contributed by atoms with Gasteiger partial charge < -0.3 is 15.3 Å². The summed E-state index contributed by atoms with van der Waals surface area (Å²) >= 11 is 0. The molecule has 0 heterocycles. The minimum absolute atomic E-state index is 0. The molecule has 0 radical (unpaired) electrons. The summed E-state index contributed by atoms with van der Waals surface area (Å²) in [6.07, 6.45) is 0. The van der Waals surface area contributed by atoms with Crippen LogP contribution in [0, 0.1) is 0 Å². The molecule has 1 aromatic carbocycles. The van der Waals surface area contributed by atoms with E-state index in [-0.39, 0.29) is 34.3 Å². The van der Waals surface area contributed by atoms with E-state index in [1.165, 1.54) is 0 Å². The summed E-state index contributed by atoms with van der Waals surface area (Å²) in [6.45, 7) is 0. The molecule has 0 fully saturated rings. The van der Waals surface area contributed by atoms with Crippen molar-refractivity contribution in [1.82, 2.24) is 0 Å². The average Bonchev–Trinajstić information content (AvgIpc) is 1.59. The molecule has 3 nitrogen and oxygen atoms in total. The molecule has 0 amide bonds. The number of benzene rings is 1. The Morgan fingerprint density at radius 2 is 0.900 bits per heavy atom. The summed E-state index contributed by atoms with van der Waals surface area (Å²) in [6, 6.07) is 3.42. The van der Waals surface area contributed by atoms with Gasteiger partial charge in [-0.15, -0.1) is 0 Å². The second-order valence-electron chi connectivity index (χ2n) is 1.71. The molecule has 0 aromatic heterocycles. The second-order valence-corrected chi connectivity index (χ2v) is 1.71. The van der Waals surface area contributed by atoms with Crippen LogP contribution < -0.4 is 0 Å². The standard InChI is InChI=1S/C6H6O3.H2Se/c7-4-1-5(8)3-6(9)2-4;/h1-3,7-9H;1H2. The first kappa shape index (κ1) is 9.14. The van der Waals surface area contributed by atoms with Crippen molar-refractivity contribution in [1.29, 1.82) is 0 Å². The Balaban J connectivity index is 0.000000810. The predicted molar refractivity (Wildman–Crippen MR) is 40.0 cm³/mol. The molecule has 0 unspecified atom stereocenters. The Bertz CT molecular complexity index is 174. The molecule has 0 saturated carbocycles. The quantitative estimate of drug-likeness (QED) is 0.520. The van der Waals surface area contributed by atoms with Crippen molar-refractivity contribution >= 4 is 17.1 Å². The van der Waals surface area contributed by atoms with Crippen LogP contribution in [0.4, 0.5) is 0 Å². The molecule has 0 bridgehead atoms. The van der Waals surface area contributed by atoms with Crippen LogP contribution in [0.15, 0.2) is 18.2 Å². The Hall–Kier alpha value is -0.861. The fourth-order valence-corrected chi connectivity index (χ4v) is 0.580. The fourth-order valence-electron chi connectivity index (χ4n) is 0.580. The molecule has 0 aliphatic heterocycles. The van der Waals surface area contributed by atoms with Gasteiger partial charge >= 0.3 is 17.1 Å². The summed E-state index contributed by atoms with van der Waals surface area (Å²) in [5.41, 5.74) is 0. The molecule has 4 heteroatoms. The number of phenols is 3. The number of hydrogen-bond acceptors (Lipinski definition) is 3. The van der Waals surface area contributed by atoms with Crippen molar-refractivity contribution in [3.05, 3.63) is 18.2 Å². The summed E-state index contributed by atoms with van der Waals surface area (Å²) < 4.78 is 0. The van der Waals surface area contributed by atoms with E-state index in [0.29, 0.717) is 0 Å².